The molecule has 0 saturated heterocycles. The third-order valence-corrected chi connectivity index (χ3v) is 3.92. The van der Waals surface area contributed by atoms with Gasteiger partial charge in [-0.3, -0.25) is 0 Å². The molecule has 0 heterocycles. The van der Waals surface area contributed by atoms with E-state index in [9.17, 15) is 5.11 Å². The predicted octanol–water partition coefficient (Wildman–Crippen LogP) is 4.97. The fraction of sp³-hybridized carbons (Fsp3) is 0.200. The lowest BCUT2D eigenvalue weighted by atomic mass is 9.93. The Morgan fingerprint density at radius 1 is 0.762 bits per heavy atom. The molecular formula is C20H20O. The van der Waals surface area contributed by atoms with Gasteiger partial charge in [-0.1, -0.05) is 61.5 Å². The van der Waals surface area contributed by atoms with E-state index in [1.165, 1.54) is 21.9 Å². The Balaban J connectivity index is 1.70. The lowest BCUT2D eigenvalue weighted by molar-refractivity contribution is 0.474. The molecule has 0 aliphatic heterocycles. The molecule has 1 heteroatoms. The number of hydrogen-bond acceptors (Lipinski definition) is 1. The van der Waals surface area contributed by atoms with Crippen LogP contribution in [0.4, 0.5) is 0 Å². The Kier molecular flexibility index (Phi) is 3.92. The van der Waals surface area contributed by atoms with Crippen molar-refractivity contribution in [2.24, 2.45) is 5.92 Å². The predicted molar refractivity (Wildman–Crippen MR) is 88.6 cm³/mol. The minimum atomic E-state index is 0.334. The molecule has 0 aliphatic rings. The number of hydrogen-bond donors (Lipinski definition) is 1. The quantitative estimate of drug-likeness (QED) is 0.713. The molecule has 3 aromatic carbocycles. The SMILES string of the molecule is CC(Cc1ccc(O)cc1)Cc1ccc2ccccc2c1. The van der Waals surface area contributed by atoms with Crippen LogP contribution in [0, 0.1) is 5.92 Å². The highest BCUT2D eigenvalue weighted by molar-refractivity contribution is 5.82. The van der Waals surface area contributed by atoms with Gasteiger partial charge in [0.25, 0.3) is 0 Å². The molecule has 0 spiro atoms. The van der Waals surface area contributed by atoms with Gasteiger partial charge < -0.3 is 5.11 Å². The Bertz CT molecular complexity index is 728. The van der Waals surface area contributed by atoms with Crippen molar-refractivity contribution in [3.8, 4) is 5.75 Å². The molecule has 21 heavy (non-hydrogen) atoms. The van der Waals surface area contributed by atoms with E-state index in [-0.39, 0.29) is 0 Å². The lowest BCUT2D eigenvalue weighted by Crippen LogP contribution is -2.03. The van der Waals surface area contributed by atoms with Crippen molar-refractivity contribution in [1.29, 1.82) is 0 Å². The molecule has 1 atom stereocenters. The third kappa shape index (κ3) is 3.43. The van der Waals surface area contributed by atoms with Crippen LogP contribution in [0.25, 0.3) is 10.8 Å². The topological polar surface area (TPSA) is 20.2 Å². The van der Waals surface area contributed by atoms with Gasteiger partial charge >= 0.3 is 0 Å². The van der Waals surface area contributed by atoms with Crippen LogP contribution in [0.5, 0.6) is 5.75 Å². The number of benzene rings is 3. The summed E-state index contributed by atoms with van der Waals surface area (Å²) in [6.07, 6.45) is 2.11. The van der Waals surface area contributed by atoms with Crippen molar-refractivity contribution in [3.05, 3.63) is 77.9 Å². The molecule has 0 bridgehead atoms. The van der Waals surface area contributed by atoms with Crippen LogP contribution in [0.2, 0.25) is 0 Å². The number of phenolic OH excluding ortho intramolecular Hbond substituents is 1. The molecule has 3 aromatic rings. The van der Waals surface area contributed by atoms with Gasteiger partial charge in [0.15, 0.2) is 0 Å². The fourth-order valence-electron chi connectivity index (χ4n) is 2.87. The van der Waals surface area contributed by atoms with Crippen LogP contribution in [0.3, 0.4) is 0 Å². The highest BCUT2D eigenvalue weighted by Gasteiger charge is 2.06. The van der Waals surface area contributed by atoms with Crippen LogP contribution >= 0.6 is 0 Å². The van der Waals surface area contributed by atoms with Gasteiger partial charge in [-0.15, -0.1) is 0 Å². The largest absolute Gasteiger partial charge is 0.508 e. The molecule has 1 nitrogen and oxygen atoms in total. The molecule has 0 amide bonds. The summed E-state index contributed by atoms with van der Waals surface area (Å²) in [5, 5.41) is 11.9. The Morgan fingerprint density at radius 3 is 2.14 bits per heavy atom. The van der Waals surface area contributed by atoms with E-state index in [0.29, 0.717) is 11.7 Å². The number of phenols is 1. The zero-order valence-electron chi connectivity index (χ0n) is 12.3. The first kappa shape index (κ1) is 13.7. The van der Waals surface area contributed by atoms with Gasteiger partial charge in [0, 0.05) is 0 Å². The summed E-state index contributed by atoms with van der Waals surface area (Å²) < 4.78 is 0. The Hall–Kier alpha value is -2.28. The number of fused-ring (bicyclic) bond motifs is 1. The van der Waals surface area contributed by atoms with Crippen LogP contribution in [0.15, 0.2) is 66.7 Å². The van der Waals surface area contributed by atoms with E-state index in [1.54, 1.807) is 12.1 Å². The van der Waals surface area contributed by atoms with E-state index in [1.807, 2.05) is 12.1 Å². The first-order chi connectivity index (χ1) is 10.2. The van der Waals surface area contributed by atoms with Crippen molar-refractivity contribution in [1.82, 2.24) is 0 Å². The summed E-state index contributed by atoms with van der Waals surface area (Å²) >= 11 is 0. The van der Waals surface area contributed by atoms with Crippen molar-refractivity contribution < 1.29 is 5.11 Å². The van der Waals surface area contributed by atoms with E-state index in [0.717, 1.165) is 12.8 Å². The van der Waals surface area contributed by atoms with Gasteiger partial charge in [0.05, 0.1) is 0 Å². The average molecular weight is 276 g/mol. The highest BCUT2D eigenvalue weighted by atomic mass is 16.3. The molecule has 0 aliphatic carbocycles. The summed E-state index contributed by atoms with van der Waals surface area (Å²) in [7, 11) is 0. The van der Waals surface area contributed by atoms with Gasteiger partial charge in [-0.05, 0) is 52.8 Å². The zero-order chi connectivity index (χ0) is 14.7. The summed E-state index contributed by atoms with van der Waals surface area (Å²) in [5.74, 6) is 0.914. The summed E-state index contributed by atoms with van der Waals surface area (Å²) in [6.45, 7) is 2.28. The van der Waals surface area contributed by atoms with Crippen LogP contribution in [0.1, 0.15) is 18.1 Å². The van der Waals surface area contributed by atoms with Crippen molar-refractivity contribution in [2.75, 3.05) is 0 Å². The second kappa shape index (κ2) is 6.01. The molecule has 0 saturated carbocycles. The Morgan fingerprint density at radius 2 is 1.38 bits per heavy atom. The lowest BCUT2D eigenvalue weighted by Gasteiger charge is -2.12. The second-order valence-corrected chi connectivity index (χ2v) is 5.86. The first-order valence-corrected chi connectivity index (χ1v) is 7.46. The summed E-state index contributed by atoms with van der Waals surface area (Å²) in [4.78, 5) is 0. The minimum Gasteiger partial charge on any atom is -0.508 e. The molecule has 0 radical (unpaired) electrons. The standard InChI is InChI=1S/C20H20O/c1-15(12-16-7-10-20(21)11-8-16)13-17-6-9-18-4-2-3-5-19(18)14-17/h2-11,14-15,21H,12-13H2,1H3. The van der Waals surface area contributed by atoms with Gasteiger partial charge in [-0.25, -0.2) is 0 Å². The summed E-state index contributed by atoms with van der Waals surface area (Å²) in [5.41, 5.74) is 2.67. The van der Waals surface area contributed by atoms with E-state index < -0.39 is 0 Å². The smallest absolute Gasteiger partial charge is 0.115 e. The molecule has 3 rings (SSSR count). The minimum absolute atomic E-state index is 0.334. The van der Waals surface area contributed by atoms with Crippen LogP contribution in [-0.2, 0) is 12.8 Å². The normalized spacial score (nSPS) is 12.4. The molecule has 106 valence electrons. The molecule has 1 unspecified atom stereocenters. The van der Waals surface area contributed by atoms with Crippen molar-refractivity contribution >= 4 is 10.8 Å². The van der Waals surface area contributed by atoms with E-state index in [4.69, 9.17) is 0 Å². The van der Waals surface area contributed by atoms with Gasteiger partial charge in [-0.2, -0.15) is 0 Å². The van der Waals surface area contributed by atoms with Gasteiger partial charge in [0.2, 0.25) is 0 Å². The molecular weight excluding hydrogens is 256 g/mol. The zero-order valence-corrected chi connectivity index (χ0v) is 12.3. The highest BCUT2D eigenvalue weighted by Crippen LogP contribution is 2.20. The summed E-state index contributed by atoms with van der Waals surface area (Å²) in [6, 6.07) is 22.8. The molecule has 0 fully saturated rings. The average Bonchev–Trinajstić information content (AvgIpc) is 2.49. The maximum atomic E-state index is 9.33. The third-order valence-electron chi connectivity index (χ3n) is 3.92. The molecule has 0 aromatic heterocycles. The van der Waals surface area contributed by atoms with Crippen LogP contribution < -0.4 is 0 Å². The second-order valence-electron chi connectivity index (χ2n) is 5.86. The monoisotopic (exact) mass is 276 g/mol. The van der Waals surface area contributed by atoms with E-state index in [2.05, 4.69) is 49.4 Å². The van der Waals surface area contributed by atoms with Crippen molar-refractivity contribution in [3.63, 3.8) is 0 Å². The Labute approximate surface area is 125 Å². The fourth-order valence-corrected chi connectivity index (χ4v) is 2.87. The van der Waals surface area contributed by atoms with Crippen molar-refractivity contribution in [2.45, 2.75) is 19.8 Å². The van der Waals surface area contributed by atoms with Crippen LogP contribution in [-0.4, -0.2) is 5.11 Å². The van der Waals surface area contributed by atoms with E-state index >= 15 is 0 Å². The number of rotatable bonds is 4. The first-order valence-electron chi connectivity index (χ1n) is 7.46. The molecule has 1 N–H and O–H groups in total. The van der Waals surface area contributed by atoms with Gasteiger partial charge in [0.1, 0.15) is 5.75 Å². The maximum absolute atomic E-state index is 9.33. The maximum Gasteiger partial charge on any atom is 0.115 e. The number of aromatic hydroxyl groups is 1.